The molecule has 1 amide bonds. The van der Waals surface area contributed by atoms with Gasteiger partial charge in [0, 0.05) is 11.4 Å². The number of carbonyl (C=O) groups is 2. The molecule has 1 saturated carbocycles. The van der Waals surface area contributed by atoms with Gasteiger partial charge < -0.3 is 10.1 Å². The molecule has 0 saturated heterocycles. The number of ether oxygens (including phenoxy) is 1. The Morgan fingerprint density at radius 3 is 2.60 bits per heavy atom. The van der Waals surface area contributed by atoms with Gasteiger partial charge in [-0.1, -0.05) is 30.3 Å². The molecule has 0 spiro atoms. The molecule has 8 heteroatoms. The number of hydrogen-bond acceptors (Lipinski definition) is 5. The van der Waals surface area contributed by atoms with Crippen molar-refractivity contribution in [1.82, 2.24) is 10.0 Å². The largest absolute Gasteiger partial charge is 0.455 e. The van der Waals surface area contributed by atoms with Crippen LogP contribution in [0.25, 0.3) is 6.08 Å². The molecule has 0 heterocycles. The maximum absolute atomic E-state index is 11.8. The SMILES string of the molecule is C[C@H](NC(=O)COC(=O)CNS(=O)(=O)/C=C/c1ccccc1)C1CC1. The van der Waals surface area contributed by atoms with E-state index in [9.17, 15) is 18.0 Å². The van der Waals surface area contributed by atoms with Gasteiger partial charge in [0.2, 0.25) is 10.0 Å². The van der Waals surface area contributed by atoms with Crippen LogP contribution in [0.1, 0.15) is 25.3 Å². The zero-order valence-corrected chi connectivity index (χ0v) is 14.8. The van der Waals surface area contributed by atoms with Crippen molar-refractivity contribution < 1.29 is 22.7 Å². The van der Waals surface area contributed by atoms with Crippen molar-refractivity contribution in [3.8, 4) is 0 Å². The maximum Gasteiger partial charge on any atom is 0.321 e. The summed E-state index contributed by atoms with van der Waals surface area (Å²) in [5, 5.41) is 3.71. The third-order valence-corrected chi connectivity index (χ3v) is 4.78. The van der Waals surface area contributed by atoms with Gasteiger partial charge in [0.05, 0.1) is 0 Å². The normalized spacial score (nSPS) is 15.7. The molecule has 0 bridgehead atoms. The van der Waals surface area contributed by atoms with Gasteiger partial charge in [-0.25, -0.2) is 13.1 Å². The van der Waals surface area contributed by atoms with E-state index in [-0.39, 0.29) is 11.9 Å². The van der Waals surface area contributed by atoms with Gasteiger partial charge in [-0.15, -0.1) is 0 Å². The standard InChI is InChI=1S/C17H22N2O5S/c1-13(15-7-8-15)19-16(20)12-24-17(21)11-18-25(22,23)10-9-14-5-3-2-4-6-14/h2-6,9-10,13,15,18H,7-8,11-12H2,1H3,(H,19,20)/b10-9+/t13-/m0/s1. The molecular weight excluding hydrogens is 344 g/mol. The summed E-state index contributed by atoms with van der Waals surface area (Å²) < 4.78 is 30.4. The lowest BCUT2D eigenvalue weighted by Crippen LogP contribution is -2.38. The highest BCUT2D eigenvalue weighted by molar-refractivity contribution is 7.92. The van der Waals surface area contributed by atoms with Gasteiger partial charge in [0.25, 0.3) is 5.91 Å². The van der Waals surface area contributed by atoms with Crippen LogP contribution in [0, 0.1) is 5.92 Å². The number of rotatable bonds is 9. The third-order valence-electron chi connectivity index (χ3n) is 3.74. The van der Waals surface area contributed by atoms with Gasteiger partial charge >= 0.3 is 5.97 Å². The predicted octanol–water partition coefficient (Wildman–Crippen LogP) is 1.03. The summed E-state index contributed by atoms with van der Waals surface area (Å²) in [4.78, 5) is 23.2. The second kappa shape index (κ2) is 8.77. The molecule has 0 unspecified atom stereocenters. The van der Waals surface area contributed by atoms with E-state index in [1.165, 1.54) is 6.08 Å². The van der Waals surface area contributed by atoms with E-state index >= 15 is 0 Å². The van der Waals surface area contributed by atoms with Crippen LogP contribution < -0.4 is 10.0 Å². The van der Waals surface area contributed by atoms with E-state index in [2.05, 4.69) is 10.0 Å². The van der Waals surface area contributed by atoms with Gasteiger partial charge in [0.1, 0.15) is 6.54 Å². The summed E-state index contributed by atoms with van der Waals surface area (Å²) in [6, 6.07) is 8.95. The molecule has 1 aliphatic carbocycles. The summed E-state index contributed by atoms with van der Waals surface area (Å²) in [6.07, 6.45) is 3.61. The van der Waals surface area contributed by atoms with E-state index in [4.69, 9.17) is 4.74 Å². The average molecular weight is 366 g/mol. The number of hydrogen-bond donors (Lipinski definition) is 2. The minimum atomic E-state index is -3.77. The van der Waals surface area contributed by atoms with Crippen LogP contribution in [0.15, 0.2) is 35.7 Å². The minimum Gasteiger partial charge on any atom is -0.455 e. The Balaban J connectivity index is 1.69. The lowest BCUT2D eigenvalue weighted by Gasteiger charge is -2.12. The van der Waals surface area contributed by atoms with Gasteiger partial charge in [-0.2, -0.15) is 0 Å². The fraction of sp³-hybridized carbons (Fsp3) is 0.412. The molecular formula is C17H22N2O5S. The number of benzene rings is 1. The molecule has 1 aromatic carbocycles. The van der Waals surface area contributed by atoms with E-state index in [0.717, 1.165) is 23.8 Å². The number of nitrogens with one attached hydrogen (secondary N) is 2. The Morgan fingerprint density at radius 2 is 1.96 bits per heavy atom. The minimum absolute atomic E-state index is 0.0628. The molecule has 0 aromatic heterocycles. The summed E-state index contributed by atoms with van der Waals surface area (Å²) in [5.41, 5.74) is 0.719. The molecule has 136 valence electrons. The molecule has 2 N–H and O–H groups in total. The quantitative estimate of drug-likeness (QED) is 0.636. The first-order valence-corrected chi connectivity index (χ1v) is 9.58. The summed E-state index contributed by atoms with van der Waals surface area (Å²) in [6.45, 7) is 0.953. The van der Waals surface area contributed by atoms with Crippen LogP contribution in [0.2, 0.25) is 0 Å². The van der Waals surface area contributed by atoms with Gasteiger partial charge in [-0.05, 0) is 37.3 Å². The second-order valence-corrected chi connectivity index (χ2v) is 7.58. The van der Waals surface area contributed by atoms with Crippen LogP contribution in [-0.2, 0) is 24.3 Å². The van der Waals surface area contributed by atoms with Crippen molar-refractivity contribution in [3.63, 3.8) is 0 Å². The van der Waals surface area contributed by atoms with Crippen LogP contribution in [0.3, 0.4) is 0 Å². The molecule has 25 heavy (non-hydrogen) atoms. The highest BCUT2D eigenvalue weighted by atomic mass is 32.2. The van der Waals surface area contributed by atoms with Crippen LogP contribution >= 0.6 is 0 Å². The summed E-state index contributed by atoms with van der Waals surface area (Å²) >= 11 is 0. The van der Waals surface area contributed by atoms with E-state index in [1.54, 1.807) is 24.3 Å². The Labute approximate surface area is 147 Å². The van der Waals surface area contributed by atoms with Crippen LogP contribution in [0.5, 0.6) is 0 Å². The van der Waals surface area contributed by atoms with E-state index in [1.807, 2.05) is 13.0 Å². The number of amides is 1. The first-order valence-electron chi connectivity index (χ1n) is 8.03. The first kappa shape index (κ1) is 19.1. The van der Waals surface area contributed by atoms with Crippen molar-refractivity contribution in [2.45, 2.75) is 25.8 Å². The second-order valence-electron chi connectivity index (χ2n) is 5.93. The van der Waals surface area contributed by atoms with Gasteiger partial charge in [-0.3, -0.25) is 9.59 Å². The maximum atomic E-state index is 11.8. The van der Waals surface area contributed by atoms with Crippen molar-refractivity contribution >= 4 is 28.0 Å². The van der Waals surface area contributed by atoms with Crippen molar-refractivity contribution in [2.24, 2.45) is 5.92 Å². The van der Waals surface area contributed by atoms with E-state index in [0.29, 0.717) is 5.92 Å². The summed E-state index contributed by atoms with van der Waals surface area (Å²) in [5.74, 6) is -0.701. The Kier molecular flexibility index (Phi) is 6.72. The first-order chi connectivity index (χ1) is 11.9. The molecule has 1 aromatic rings. The molecule has 1 aliphatic rings. The molecule has 1 atom stereocenters. The smallest absolute Gasteiger partial charge is 0.321 e. The monoisotopic (exact) mass is 366 g/mol. The molecule has 2 rings (SSSR count). The van der Waals surface area contributed by atoms with Crippen LogP contribution in [-0.4, -0.2) is 39.5 Å². The molecule has 0 aliphatic heterocycles. The van der Waals surface area contributed by atoms with Crippen molar-refractivity contribution in [1.29, 1.82) is 0 Å². The fourth-order valence-corrected chi connectivity index (χ4v) is 2.90. The van der Waals surface area contributed by atoms with E-state index < -0.39 is 29.1 Å². The fourth-order valence-electron chi connectivity index (χ4n) is 2.15. The highest BCUT2D eigenvalue weighted by Gasteiger charge is 2.28. The zero-order chi connectivity index (χ0) is 18.3. The Hall–Kier alpha value is -2.19. The summed E-state index contributed by atoms with van der Waals surface area (Å²) in [7, 11) is -3.77. The molecule has 0 radical (unpaired) electrons. The molecule has 1 fully saturated rings. The third kappa shape index (κ3) is 7.49. The highest BCUT2D eigenvalue weighted by Crippen LogP contribution is 2.32. The lowest BCUT2D eigenvalue weighted by atomic mass is 10.2. The van der Waals surface area contributed by atoms with Crippen molar-refractivity contribution in [2.75, 3.05) is 13.2 Å². The Bertz CT molecular complexity index is 727. The number of sulfonamides is 1. The van der Waals surface area contributed by atoms with Crippen LogP contribution in [0.4, 0.5) is 0 Å². The molecule has 7 nitrogen and oxygen atoms in total. The van der Waals surface area contributed by atoms with Crippen molar-refractivity contribution in [3.05, 3.63) is 41.3 Å². The average Bonchev–Trinajstić information content (AvgIpc) is 3.43. The Morgan fingerprint density at radius 1 is 1.28 bits per heavy atom. The number of carbonyl (C=O) groups excluding carboxylic acids is 2. The number of esters is 1. The predicted molar refractivity (Wildman–Crippen MR) is 93.7 cm³/mol. The lowest BCUT2D eigenvalue weighted by molar-refractivity contribution is -0.147. The van der Waals surface area contributed by atoms with Gasteiger partial charge in [0.15, 0.2) is 6.61 Å². The zero-order valence-electron chi connectivity index (χ0n) is 14.0. The topological polar surface area (TPSA) is 102 Å².